The van der Waals surface area contributed by atoms with Crippen molar-refractivity contribution in [3.8, 4) is 0 Å². The summed E-state index contributed by atoms with van der Waals surface area (Å²) in [5, 5.41) is 3.10. The SMILES string of the molecule is CC(C)S(=O)(=O)N1CCCCC1CNC(C)(C)C. The monoisotopic (exact) mass is 276 g/mol. The lowest BCUT2D eigenvalue weighted by Crippen LogP contribution is -2.53. The molecule has 0 amide bonds. The highest BCUT2D eigenvalue weighted by atomic mass is 32.2. The summed E-state index contributed by atoms with van der Waals surface area (Å²) in [7, 11) is -3.12. The zero-order valence-corrected chi connectivity index (χ0v) is 13.2. The zero-order chi connectivity index (χ0) is 14.0. The van der Waals surface area contributed by atoms with Crippen LogP contribution in [-0.2, 0) is 10.0 Å². The first kappa shape index (κ1) is 15.9. The predicted molar refractivity (Wildman–Crippen MR) is 76.2 cm³/mol. The number of sulfonamides is 1. The second-order valence-electron chi connectivity index (χ2n) is 6.48. The van der Waals surface area contributed by atoms with Gasteiger partial charge in [-0.1, -0.05) is 6.42 Å². The summed E-state index contributed by atoms with van der Waals surface area (Å²) >= 11 is 0. The summed E-state index contributed by atoms with van der Waals surface area (Å²) in [6.07, 6.45) is 3.08. The highest BCUT2D eigenvalue weighted by Crippen LogP contribution is 2.23. The number of hydrogen-bond donors (Lipinski definition) is 1. The van der Waals surface area contributed by atoms with Gasteiger partial charge < -0.3 is 5.32 Å². The molecule has 1 aliphatic heterocycles. The molecule has 4 nitrogen and oxygen atoms in total. The molecule has 1 unspecified atom stereocenters. The van der Waals surface area contributed by atoms with Gasteiger partial charge in [-0.05, 0) is 47.5 Å². The van der Waals surface area contributed by atoms with Gasteiger partial charge in [0.25, 0.3) is 0 Å². The van der Waals surface area contributed by atoms with Crippen molar-refractivity contribution < 1.29 is 8.42 Å². The van der Waals surface area contributed by atoms with Crippen molar-refractivity contribution in [3.05, 3.63) is 0 Å². The molecule has 1 N–H and O–H groups in total. The Labute approximate surface area is 112 Å². The first-order valence-corrected chi connectivity index (χ1v) is 8.40. The first-order valence-electron chi connectivity index (χ1n) is 6.90. The summed E-state index contributed by atoms with van der Waals surface area (Å²) < 4.78 is 26.4. The summed E-state index contributed by atoms with van der Waals surface area (Å²) in [4.78, 5) is 0. The van der Waals surface area contributed by atoms with Crippen LogP contribution in [0.25, 0.3) is 0 Å². The summed E-state index contributed by atoms with van der Waals surface area (Å²) in [6, 6.07) is 0.116. The normalized spacial score (nSPS) is 23.6. The van der Waals surface area contributed by atoms with Crippen molar-refractivity contribution in [2.75, 3.05) is 13.1 Å². The van der Waals surface area contributed by atoms with E-state index in [2.05, 4.69) is 26.1 Å². The third kappa shape index (κ3) is 4.21. The van der Waals surface area contributed by atoms with Crippen LogP contribution in [0.3, 0.4) is 0 Å². The van der Waals surface area contributed by atoms with Crippen LogP contribution in [-0.4, -0.2) is 42.6 Å². The molecule has 1 rings (SSSR count). The molecule has 1 aliphatic rings. The van der Waals surface area contributed by atoms with Gasteiger partial charge in [0.1, 0.15) is 0 Å². The molecule has 0 aromatic rings. The lowest BCUT2D eigenvalue weighted by atomic mass is 10.0. The molecule has 5 heteroatoms. The van der Waals surface area contributed by atoms with Crippen LogP contribution in [0.15, 0.2) is 0 Å². The van der Waals surface area contributed by atoms with Gasteiger partial charge in [-0.25, -0.2) is 8.42 Å². The average Bonchev–Trinajstić information content (AvgIpc) is 2.25. The third-order valence-corrected chi connectivity index (χ3v) is 5.69. The van der Waals surface area contributed by atoms with Gasteiger partial charge in [0.05, 0.1) is 5.25 Å². The van der Waals surface area contributed by atoms with Crippen molar-refractivity contribution in [2.24, 2.45) is 0 Å². The second kappa shape index (κ2) is 5.88. The standard InChI is InChI=1S/C13H28N2O2S/c1-11(2)18(16,17)15-9-7-6-8-12(15)10-14-13(3,4)5/h11-12,14H,6-10H2,1-5H3. The number of rotatable bonds is 4. The van der Waals surface area contributed by atoms with Gasteiger partial charge in [-0.15, -0.1) is 0 Å². The number of piperidine rings is 1. The molecule has 1 fully saturated rings. The van der Waals surface area contributed by atoms with Crippen molar-refractivity contribution >= 4 is 10.0 Å². The Kier molecular flexibility index (Phi) is 5.21. The van der Waals surface area contributed by atoms with Crippen LogP contribution in [0.1, 0.15) is 53.9 Å². The summed E-state index contributed by atoms with van der Waals surface area (Å²) in [5.41, 5.74) is 0.0325. The van der Waals surface area contributed by atoms with E-state index in [-0.39, 0.29) is 16.8 Å². The maximum Gasteiger partial charge on any atom is 0.216 e. The topological polar surface area (TPSA) is 49.4 Å². The van der Waals surface area contributed by atoms with Crippen molar-refractivity contribution in [3.63, 3.8) is 0 Å². The molecule has 0 bridgehead atoms. The van der Waals surface area contributed by atoms with Gasteiger partial charge in [0, 0.05) is 24.7 Å². The van der Waals surface area contributed by atoms with Crippen molar-refractivity contribution in [1.82, 2.24) is 9.62 Å². The van der Waals surface area contributed by atoms with Gasteiger partial charge in [0.2, 0.25) is 10.0 Å². The molecular weight excluding hydrogens is 248 g/mol. The Morgan fingerprint density at radius 3 is 2.39 bits per heavy atom. The maximum atomic E-state index is 12.3. The van der Waals surface area contributed by atoms with E-state index in [1.54, 1.807) is 18.2 Å². The highest BCUT2D eigenvalue weighted by Gasteiger charge is 2.34. The Balaban J connectivity index is 2.75. The van der Waals surface area contributed by atoms with E-state index in [4.69, 9.17) is 0 Å². The lowest BCUT2D eigenvalue weighted by Gasteiger charge is -2.37. The quantitative estimate of drug-likeness (QED) is 0.854. The van der Waals surface area contributed by atoms with Gasteiger partial charge in [-0.3, -0.25) is 0 Å². The Hall–Kier alpha value is -0.130. The lowest BCUT2D eigenvalue weighted by molar-refractivity contribution is 0.229. The fourth-order valence-electron chi connectivity index (χ4n) is 2.21. The molecule has 0 radical (unpaired) electrons. The number of nitrogens with zero attached hydrogens (tertiary/aromatic N) is 1. The second-order valence-corrected chi connectivity index (χ2v) is 8.93. The van der Waals surface area contributed by atoms with Gasteiger partial charge >= 0.3 is 0 Å². The Morgan fingerprint density at radius 2 is 1.89 bits per heavy atom. The van der Waals surface area contributed by atoms with E-state index >= 15 is 0 Å². The predicted octanol–water partition coefficient (Wildman–Crippen LogP) is 1.97. The van der Waals surface area contributed by atoms with Crippen LogP contribution < -0.4 is 5.32 Å². The molecular formula is C13H28N2O2S. The highest BCUT2D eigenvalue weighted by molar-refractivity contribution is 7.89. The molecule has 1 atom stereocenters. The molecule has 1 saturated heterocycles. The van der Waals surface area contributed by atoms with E-state index in [1.807, 2.05) is 0 Å². The smallest absolute Gasteiger partial charge is 0.216 e. The summed E-state index contributed by atoms with van der Waals surface area (Å²) in [5.74, 6) is 0. The van der Waals surface area contributed by atoms with E-state index in [0.717, 1.165) is 25.8 Å². The average molecular weight is 276 g/mol. The molecule has 108 valence electrons. The largest absolute Gasteiger partial charge is 0.310 e. The fourth-order valence-corrected chi connectivity index (χ4v) is 3.73. The number of hydrogen-bond acceptors (Lipinski definition) is 3. The molecule has 0 aliphatic carbocycles. The molecule has 0 aromatic heterocycles. The first-order chi connectivity index (χ1) is 8.14. The van der Waals surface area contributed by atoms with E-state index < -0.39 is 10.0 Å². The Morgan fingerprint density at radius 1 is 1.28 bits per heavy atom. The minimum Gasteiger partial charge on any atom is -0.310 e. The third-order valence-electron chi connectivity index (χ3n) is 3.36. The molecule has 18 heavy (non-hydrogen) atoms. The van der Waals surface area contributed by atoms with Gasteiger partial charge in [-0.2, -0.15) is 4.31 Å². The molecule has 0 saturated carbocycles. The van der Waals surface area contributed by atoms with Crippen LogP contribution in [0, 0.1) is 0 Å². The van der Waals surface area contributed by atoms with Crippen LogP contribution in [0.5, 0.6) is 0 Å². The van der Waals surface area contributed by atoms with E-state index in [1.165, 1.54) is 0 Å². The maximum absolute atomic E-state index is 12.3. The van der Waals surface area contributed by atoms with E-state index in [0.29, 0.717) is 6.54 Å². The zero-order valence-electron chi connectivity index (χ0n) is 12.4. The molecule has 0 aromatic carbocycles. The molecule has 0 spiro atoms. The molecule has 1 heterocycles. The summed E-state index contributed by atoms with van der Waals surface area (Å²) in [6.45, 7) is 11.3. The fraction of sp³-hybridized carbons (Fsp3) is 1.00. The van der Waals surface area contributed by atoms with E-state index in [9.17, 15) is 8.42 Å². The van der Waals surface area contributed by atoms with Crippen molar-refractivity contribution in [1.29, 1.82) is 0 Å². The minimum atomic E-state index is -3.12. The van der Waals surface area contributed by atoms with Gasteiger partial charge in [0.15, 0.2) is 0 Å². The van der Waals surface area contributed by atoms with Crippen LogP contribution >= 0.6 is 0 Å². The van der Waals surface area contributed by atoms with Crippen LogP contribution in [0.2, 0.25) is 0 Å². The van der Waals surface area contributed by atoms with Crippen molar-refractivity contribution in [2.45, 2.75) is 70.7 Å². The number of nitrogens with one attached hydrogen (secondary N) is 1. The minimum absolute atomic E-state index is 0.0325. The van der Waals surface area contributed by atoms with Crippen LogP contribution in [0.4, 0.5) is 0 Å². The Bertz CT molecular complexity index is 358.